The number of nitriles is 1. The van der Waals surface area contributed by atoms with E-state index in [1.807, 2.05) is 12.1 Å². The molecule has 1 aromatic rings. The third kappa shape index (κ3) is 2.93. The van der Waals surface area contributed by atoms with Crippen LogP contribution in [-0.4, -0.2) is 26.4 Å². The molecule has 1 heterocycles. The van der Waals surface area contributed by atoms with Gasteiger partial charge in [-0.25, -0.2) is 0 Å². The van der Waals surface area contributed by atoms with Crippen molar-refractivity contribution in [2.75, 3.05) is 25.6 Å². The molecule has 1 aromatic carbocycles. The van der Waals surface area contributed by atoms with Crippen LogP contribution in [0.3, 0.4) is 0 Å². The van der Waals surface area contributed by atoms with Crippen LogP contribution in [0.1, 0.15) is 24.8 Å². The predicted octanol–water partition coefficient (Wildman–Crippen LogP) is 2.55. The van der Waals surface area contributed by atoms with Crippen molar-refractivity contribution < 1.29 is 9.47 Å². The van der Waals surface area contributed by atoms with Gasteiger partial charge in [-0.3, -0.25) is 0 Å². The zero-order valence-electron chi connectivity index (χ0n) is 10.6. The maximum atomic E-state index is 9.08. The molecule has 1 unspecified atom stereocenters. The second kappa shape index (κ2) is 6.27. The van der Waals surface area contributed by atoms with Crippen molar-refractivity contribution in [3.63, 3.8) is 0 Å². The Kier molecular flexibility index (Phi) is 4.43. The van der Waals surface area contributed by atoms with Gasteiger partial charge in [0, 0.05) is 13.2 Å². The molecule has 18 heavy (non-hydrogen) atoms. The van der Waals surface area contributed by atoms with E-state index in [4.69, 9.17) is 14.7 Å². The predicted molar refractivity (Wildman–Crippen MR) is 69.8 cm³/mol. The fourth-order valence-electron chi connectivity index (χ4n) is 2.21. The quantitative estimate of drug-likeness (QED) is 0.867. The van der Waals surface area contributed by atoms with Gasteiger partial charge in [-0.2, -0.15) is 5.26 Å². The highest BCUT2D eigenvalue weighted by molar-refractivity contribution is 5.66. The summed E-state index contributed by atoms with van der Waals surface area (Å²) >= 11 is 0. The van der Waals surface area contributed by atoms with Crippen molar-refractivity contribution in [3.8, 4) is 11.8 Å². The highest BCUT2D eigenvalue weighted by Crippen LogP contribution is 2.28. The number of nitrogens with zero attached hydrogens (tertiary/aromatic N) is 1. The van der Waals surface area contributed by atoms with E-state index in [0.29, 0.717) is 17.4 Å². The molecule has 4 heteroatoms. The number of ether oxygens (including phenoxy) is 2. The van der Waals surface area contributed by atoms with Crippen LogP contribution in [0.5, 0.6) is 5.75 Å². The molecular formula is C14H18N2O2. The number of rotatable bonds is 5. The summed E-state index contributed by atoms with van der Waals surface area (Å²) in [5.41, 5.74) is 1.39. The number of hydrogen-bond donors (Lipinski definition) is 1. The van der Waals surface area contributed by atoms with E-state index in [9.17, 15) is 0 Å². The first kappa shape index (κ1) is 12.7. The number of anilines is 1. The van der Waals surface area contributed by atoms with Crippen LogP contribution in [0.15, 0.2) is 18.2 Å². The Morgan fingerprint density at radius 1 is 1.56 bits per heavy atom. The maximum Gasteiger partial charge on any atom is 0.143 e. The second-order valence-corrected chi connectivity index (χ2v) is 4.35. The summed E-state index contributed by atoms with van der Waals surface area (Å²) in [6.45, 7) is 1.67. The van der Waals surface area contributed by atoms with Crippen molar-refractivity contribution in [1.82, 2.24) is 0 Å². The minimum absolute atomic E-state index is 0.359. The van der Waals surface area contributed by atoms with Crippen LogP contribution in [-0.2, 0) is 4.74 Å². The molecule has 0 spiro atoms. The number of hydrogen-bond acceptors (Lipinski definition) is 4. The average molecular weight is 246 g/mol. The average Bonchev–Trinajstić information content (AvgIpc) is 2.92. The van der Waals surface area contributed by atoms with Crippen molar-refractivity contribution in [2.24, 2.45) is 0 Å². The topological polar surface area (TPSA) is 54.3 Å². The van der Waals surface area contributed by atoms with E-state index in [-0.39, 0.29) is 0 Å². The van der Waals surface area contributed by atoms with E-state index in [0.717, 1.165) is 38.1 Å². The van der Waals surface area contributed by atoms with Gasteiger partial charge in [-0.1, -0.05) is 6.07 Å². The highest BCUT2D eigenvalue weighted by atomic mass is 16.5. The van der Waals surface area contributed by atoms with E-state index in [1.54, 1.807) is 13.2 Å². The zero-order valence-corrected chi connectivity index (χ0v) is 10.6. The summed E-state index contributed by atoms with van der Waals surface area (Å²) in [6, 6.07) is 7.64. The first-order valence-corrected chi connectivity index (χ1v) is 6.27. The normalized spacial score (nSPS) is 18.3. The third-order valence-electron chi connectivity index (χ3n) is 3.16. The summed E-state index contributed by atoms with van der Waals surface area (Å²) < 4.78 is 10.8. The zero-order chi connectivity index (χ0) is 12.8. The molecule has 0 bridgehead atoms. The summed E-state index contributed by atoms with van der Waals surface area (Å²) in [5, 5.41) is 12.4. The first-order chi connectivity index (χ1) is 8.85. The summed E-state index contributed by atoms with van der Waals surface area (Å²) in [4.78, 5) is 0. The third-order valence-corrected chi connectivity index (χ3v) is 3.16. The SMILES string of the molecule is COc1cccc(C#N)c1NCCC1CCCO1. The minimum atomic E-state index is 0.359. The molecular weight excluding hydrogens is 228 g/mol. The Labute approximate surface area is 108 Å². The number of nitrogens with one attached hydrogen (secondary N) is 1. The lowest BCUT2D eigenvalue weighted by molar-refractivity contribution is 0.107. The van der Waals surface area contributed by atoms with Crippen LogP contribution < -0.4 is 10.1 Å². The Balaban J connectivity index is 1.97. The van der Waals surface area contributed by atoms with Crippen molar-refractivity contribution >= 4 is 5.69 Å². The lowest BCUT2D eigenvalue weighted by Gasteiger charge is -2.14. The smallest absolute Gasteiger partial charge is 0.143 e. The van der Waals surface area contributed by atoms with Crippen LogP contribution >= 0.6 is 0 Å². The maximum absolute atomic E-state index is 9.08. The number of methoxy groups -OCH3 is 1. The Morgan fingerprint density at radius 3 is 3.11 bits per heavy atom. The number of para-hydroxylation sites is 1. The van der Waals surface area contributed by atoms with Gasteiger partial charge in [0.2, 0.25) is 0 Å². The van der Waals surface area contributed by atoms with Gasteiger partial charge < -0.3 is 14.8 Å². The fourth-order valence-corrected chi connectivity index (χ4v) is 2.21. The Hall–Kier alpha value is -1.73. The lowest BCUT2D eigenvalue weighted by Crippen LogP contribution is -2.13. The van der Waals surface area contributed by atoms with E-state index in [2.05, 4.69) is 11.4 Å². The molecule has 0 aromatic heterocycles. The van der Waals surface area contributed by atoms with Gasteiger partial charge in [-0.15, -0.1) is 0 Å². The molecule has 0 saturated carbocycles. The van der Waals surface area contributed by atoms with E-state index >= 15 is 0 Å². The molecule has 0 amide bonds. The molecule has 1 saturated heterocycles. The molecule has 1 atom stereocenters. The molecule has 1 fully saturated rings. The largest absolute Gasteiger partial charge is 0.495 e. The lowest BCUT2D eigenvalue weighted by atomic mass is 10.1. The second-order valence-electron chi connectivity index (χ2n) is 4.35. The van der Waals surface area contributed by atoms with Gasteiger partial charge in [-0.05, 0) is 31.4 Å². The summed E-state index contributed by atoms with van der Waals surface area (Å²) in [7, 11) is 1.61. The molecule has 1 N–H and O–H groups in total. The monoisotopic (exact) mass is 246 g/mol. The van der Waals surface area contributed by atoms with Crippen LogP contribution in [0, 0.1) is 11.3 Å². The van der Waals surface area contributed by atoms with Gasteiger partial charge in [0.05, 0.1) is 24.5 Å². The van der Waals surface area contributed by atoms with Gasteiger partial charge in [0.25, 0.3) is 0 Å². The molecule has 1 aliphatic heterocycles. The van der Waals surface area contributed by atoms with Crippen LogP contribution in [0.25, 0.3) is 0 Å². The van der Waals surface area contributed by atoms with Gasteiger partial charge in [0.15, 0.2) is 0 Å². The van der Waals surface area contributed by atoms with Gasteiger partial charge in [0.1, 0.15) is 11.8 Å². The number of benzene rings is 1. The standard InChI is InChI=1S/C14H18N2O2/c1-17-13-6-2-4-11(10-15)14(13)16-8-7-12-5-3-9-18-12/h2,4,6,12,16H,3,5,7-9H2,1H3. The molecule has 96 valence electrons. The highest BCUT2D eigenvalue weighted by Gasteiger charge is 2.15. The molecule has 2 rings (SSSR count). The summed E-state index contributed by atoms with van der Waals surface area (Å²) in [5.74, 6) is 0.710. The van der Waals surface area contributed by atoms with Crippen molar-refractivity contribution in [1.29, 1.82) is 5.26 Å². The van der Waals surface area contributed by atoms with Crippen molar-refractivity contribution in [2.45, 2.75) is 25.4 Å². The molecule has 1 aliphatic rings. The molecule has 0 aliphatic carbocycles. The van der Waals surface area contributed by atoms with Gasteiger partial charge >= 0.3 is 0 Å². The first-order valence-electron chi connectivity index (χ1n) is 6.27. The Morgan fingerprint density at radius 2 is 2.44 bits per heavy atom. The summed E-state index contributed by atoms with van der Waals surface area (Å²) in [6.07, 6.45) is 3.61. The van der Waals surface area contributed by atoms with Crippen LogP contribution in [0.2, 0.25) is 0 Å². The minimum Gasteiger partial charge on any atom is -0.495 e. The van der Waals surface area contributed by atoms with Crippen molar-refractivity contribution in [3.05, 3.63) is 23.8 Å². The van der Waals surface area contributed by atoms with Crippen LogP contribution in [0.4, 0.5) is 5.69 Å². The molecule has 4 nitrogen and oxygen atoms in total. The fraction of sp³-hybridized carbons (Fsp3) is 0.500. The Bertz CT molecular complexity index is 434. The van der Waals surface area contributed by atoms with E-state index < -0.39 is 0 Å². The van der Waals surface area contributed by atoms with E-state index in [1.165, 1.54) is 0 Å². The molecule has 0 radical (unpaired) electrons.